The predicted octanol–water partition coefficient (Wildman–Crippen LogP) is 2.42. The van der Waals surface area contributed by atoms with Crippen LogP contribution in [0.25, 0.3) is 5.69 Å². The molecule has 0 radical (unpaired) electrons. The van der Waals surface area contributed by atoms with E-state index in [9.17, 15) is 19.2 Å². The van der Waals surface area contributed by atoms with E-state index in [1.165, 1.54) is 4.57 Å². The minimum Gasteiger partial charge on any atom is -0.444 e. The summed E-state index contributed by atoms with van der Waals surface area (Å²) < 4.78 is 6.76. The molecule has 1 aromatic heterocycles. The molecule has 2 fully saturated rings. The van der Waals surface area contributed by atoms with Gasteiger partial charge in [0.1, 0.15) is 11.4 Å². The van der Waals surface area contributed by atoms with Crippen molar-refractivity contribution >= 4 is 23.8 Å². The summed E-state index contributed by atoms with van der Waals surface area (Å²) in [5.41, 5.74) is 5.82. The molecule has 2 saturated heterocycles. The van der Waals surface area contributed by atoms with Gasteiger partial charge in [0.05, 0.1) is 11.2 Å². The number of anilines is 1. The molecule has 4 amide bonds. The molecule has 3 heterocycles. The molecule has 2 atom stereocenters. The van der Waals surface area contributed by atoms with Crippen LogP contribution in [-0.4, -0.2) is 105 Å². The summed E-state index contributed by atoms with van der Waals surface area (Å²) in [5, 5.41) is 5.60. The van der Waals surface area contributed by atoms with Gasteiger partial charge >= 0.3 is 17.8 Å². The Hall–Kier alpha value is -3.97. The van der Waals surface area contributed by atoms with Crippen molar-refractivity contribution in [1.29, 1.82) is 0 Å². The molecular formula is C32H48N8O5. The van der Waals surface area contributed by atoms with Crippen molar-refractivity contribution in [2.24, 2.45) is 11.7 Å². The Morgan fingerprint density at radius 1 is 1.02 bits per heavy atom. The fraction of sp³-hybridized carbons (Fsp3) is 0.594. The standard InChI is InChI=1S/C32H48N8O5/c1-22-20-38(27(41)32(5,6)33)17-18-39(22)28(42)35-26-13-16-40(29(43)36-26)25-9-7-23(8-10-25)11-14-37-15-12-24(21-37)19-34-30(44)45-31(2,3)4/h7-10,13,16,22,24H,11-12,14-15,17-21,33H2,1-6H3,(H,34,44)(H,35,36,42,43)/t22-,24-/m1/s1. The van der Waals surface area contributed by atoms with Crippen LogP contribution in [0.1, 0.15) is 53.5 Å². The number of aromatic nitrogens is 2. The van der Waals surface area contributed by atoms with Crippen LogP contribution in [0.4, 0.5) is 15.4 Å². The van der Waals surface area contributed by atoms with Crippen LogP contribution in [0, 0.1) is 5.92 Å². The van der Waals surface area contributed by atoms with Crippen molar-refractivity contribution < 1.29 is 19.1 Å². The minimum atomic E-state index is -0.972. The highest BCUT2D eigenvalue weighted by Crippen LogP contribution is 2.18. The van der Waals surface area contributed by atoms with Crippen molar-refractivity contribution in [3.63, 3.8) is 0 Å². The molecule has 0 saturated carbocycles. The second kappa shape index (κ2) is 14.0. The van der Waals surface area contributed by atoms with E-state index in [1.54, 1.807) is 35.9 Å². The summed E-state index contributed by atoms with van der Waals surface area (Å²) >= 11 is 0. The highest BCUT2D eigenvalue weighted by Gasteiger charge is 2.34. The maximum atomic E-state index is 12.9. The Labute approximate surface area is 265 Å². The summed E-state index contributed by atoms with van der Waals surface area (Å²) in [7, 11) is 0. The van der Waals surface area contributed by atoms with Crippen LogP contribution in [0.2, 0.25) is 0 Å². The van der Waals surface area contributed by atoms with Crippen LogP contribution in [-0.2, 0) is 16.0 Å². The number of alkyl carbamates (subject to hydrolysis) is 1. The summed E-state index contributed by atoms with van der Waals surface area (Å²) in [6.07, 6.45) is 3.13. The summed E-state index contributed by atoms with van der Waals surface area (Å²) in [4.78, 5) is 60.0. The van der Waals surface area contributed by atoms with Gasteiger partial charge in [0.2, 0.25) is 5.91 Å². The summed E-state index contributed by atoms with van der Waals surface area (Å²) in [6, 6.07) is 8.78. The van der Waals surface area contributed by atoms with E-state index in [2.05, 4.69) is 20.5 Å². The minimum absolute atomic E-state index is 0.154. The van der Waals surface area contributed by atoms with E-state index >= 15 is 0 Å². The number of likely N-dealkylation sites (tertiary alicyclic amines) is 1. The highest BCUT2D eigenvalue weighted by atomic mass is 16.6. The van der Waals surface area contributed by atoms with E-state index in [0.717, 1.165) is 38.0 Å². The largest absolute Gasteiger partial charge is 0.444 e. The third-order valence-electron chi connectivity index (χ3n) is 8.00. The zero-order valence-corrected chi connectivity index (χ0v) is 27.3. The SMILES string of the molecule is C[C@@H]1CN(C(=O)C(C)(C)N)CCN1C(=O)Nc1ccn(-c2ccc(CCN3CC[C@H](CNC(=O)OC(C)(C)C)C3)cc2)c(=O)n1. The maximum absolute atomic E-state index is 12.9. The third kappa shape index (κ3) is 9.51. The third-order valence-corrected chi connectivity index (χ3v) is 8.00. The number of carbonyl (C=O) groups is 3. The molecule has 0 spiro atoms. The second-order valence-corrected chi connectivity index (χ2v) is 13.7. The molecule has 2 aromatic rings. The lowest BCUT2D eigenvalue weighted by molar-refractivity contribution is -0.138. The molecule has 13 nitrogen and oxygen atoms in total. The fourth-order valence-electron chi connectivity index (χ4n) is 5.64. The molecule has 13 heteroatoms. The Morgan fingerprint density at radius 3 is 2.36 bits per heavy atom. The van der Waals surface area contributed by atoms with Crippen molar-refractivity contribution in [1.82, 2.24) is 29.6 Å². The van der Waals surface area contributed by atoms with E-state index in [1.807, 2.05) is 52.0 Å². The lowest BCUT2D eigenvalue weighted by atomic mass is 10.0. The van der Waals surface area contributed by atoms with E-state index < -0.39 is 16.8 Å². The topological polar surface area (TPSA) is 155 Å². The van der Waals surface area contributed by atoms with Crippen molar-refractivity contribution in [2.45, 2.75) is 71.6 Å². The first-order valence-corrected chi connectivity index (χ1v) is 15.6. The van der Waals surface area contributed by atoms with Crippen LogP contribution < -0.4 is 22.1 Å². The molecule has 0 aliphatic carbocycles. The van der Waals surface area contributed by atoms with Gasteiger partial charge in [-0.15, -0.1) is 0 Å². The van der Waals surface area contributed by atoms with Gasteiger partial charge in [-0.05, 0) is 90.6 Å². The fourth-order valence-corrected chi connectivity index (χ4v) is 5.64. The Balaban J connectivity index is 1.24. The molecular weight excluding hydrogens is 576 g/mol. The number of hydrogen-bond acceptors (Lipinski definition) is 8. The number of nitrogens with zero attached hydrogens (tertiary/aromatic N) is 5. The van der Waals surface area contributed by atoms with E-state index in [0.29, 0.717) is 37.8 Å². The van der Waals surface area contributed by atoms with Crippen LogP contribution in [0.3, 0.4) is 0 Å². The summed E-state index contributed by atoms with van der Waals surface area (Å²) in [6.45, 7) is 15.3. The van der Waals surface area contributed by atoms with Gasteiger partial charge in [-0.25, -0.2) is 14.4 Å². The number of nitrogens with two attached hydrogens (primary N) is 1. The van der Waals surface area contributed by atoms with Gasteiger partial charge in [0, 0.05) is 51.5 Å². The van der Waals surface area contributed by atoms with Crippen molar-refractivity contribution in [3.8, 4) is 5.69 Å². The zero-order chi connectivity index (χ0) is 32.9. The van der Waals surface area contributed by atoms with Gasteiger partial charge in [0.15, 0.2) is 0 Å². The van der Waals surface area contributed by atoms with E-state index in [4.69, 9.17) is 10.5 Å². The maximum Gasteiger partial charge on any atom is 0.407 e. The average molecular weight is 625 g/mol. The van der Waals surface area contributed by atoms with Gasteiger partial charge in [-0.2, -0.15) is 4.98 Å². The molecule has 2 aliphatic heterocycles. The van der Waals surface area contributed by atoms with Gasteiger partial charge in [-0.1, -0.05) is 12.1 Å². The monoisotopic (exact) mass is 624 g/mol. The Bertz CT molecular complexity index is 1410. The normalized spacial score (nSPS) is 19.4. The number of rotatable bonds is 8. The molecule has 2 aliphatic rings. The predicted molar refractivity (Wildman–Crippen MR) is 172 cm³/mol. The number of benzene rings is 1. The van der Waals surface area contributed by atoms with E-state index in [-0.39, 0.29) is 29.9 Å². The number of urea groups is 1. The number of piperazine rings is 1. The lowest BCUT2D eigenvalue weighted by Gasteiger charge is -2.41. The summed E-state index contributed by atoms with van der Waals surface area (Å²) in [5.74, 6) is 0.413. The highest BCUT2D eigenvalue weighted by molar-refractivity contribution is 5.89. The average Bonchev–Trinajstić information content (AvgIpc) is 3.41. The molecule has 45 heavy (non-hydrogen) atoms. The Morgan fingerprint density at radius 2 is 1.73 bits per heavy atom. The van der Waals surface area contributed by atoms with Crippen LogP contribution in [0.5, 0.6) is 0 Å². The number of ether oxygens (including phenoxy) is 1. The van der Waals surface area contributed by atoms with Gasteiger partial charge in [-0.3, -0.25) is 14.7 Å². The molecule has 0 bridgehead atoms. The number of carbonyl (C=O) groups excluding carboxylic acids is 3. The van der Waals surface area contributed by atoms with Gasteiger partial charge < -0.3 is 30.5 Å². The van der Waals surface area contributed by atoms with Crippen LogP contribution in [0.15, 0.2) is 41.3 Å². The molecule has 246 valence electrons. The smallest absolute Gasteiger partial charge is 0.407 e. The van der Waals surface area contributed by atoms with Gasteiger partial charge in [0.25, 0.3) is 0 Å². The first kappa shape index (κ1) is 33.9. The molecule has 4 N–H and O–H groups in total. The van der Waals surface area contributed by atoms with Crippen molar-refractivity contribution in [2.75, 3.05) is 51.1 Å². The number of hydrogen-bond donors (Lipinski definition) is 3. The lowest BCUT2D eigenvalue weighted by Crippen LogP contribution is -2.61. The molecule has 1 aromatic carbocycles. The molecule has 0 unspecified atom stereocenters. The zero-order valence-electron chi connectivity index (χ0n) is 27.3. The quantitative estimate of drug-likeness (QED) is 0.405. The first-order valence-electron chi connectivity index (χ1n) is 15.6. The second-order valence-electron chi connectivity index (χ2n) is 13.7. The van der Waals surface area contributed by atoms with Crippen LogP contribution >= 0.6 is 0 Å². The molecule has 4 rings (SSSR count). The van der Waals surface area contributed by atoms with Crippen molar-refractivity contribution in [3.05, 3.63) is 52.6 Å². The first-order chi connectivity index (χ1) is 21.1. The number of amides is 4. The number of nitrogens with one attached hydrogen (secondary N) is 2. The Kier molecular flexibility index (Phi) is 10.5.